The predicted molar refractivity (Wildman–Crippen MR) is 318 cm³/mol. The molecule has 4 fully saturated rings. The lowest BCUT2D eigenvalue weighted by molar-refractivity contribution is -0.128. The fraction of sp³-hybridized carbons (Fsp3) is 0.623. The van der Waals surface area contributed by atoms with E-state index >= 15 is 0 Å². The highest BCUT2D eigenvalue weighted by Crippen LogP contribution is 2.42. The molecule has 6 heterocycles. The van der Waals surface area contributed by atoms with E-state index in [1.165, 1.54) is 11.1 Å². The van der Waals surface area contributed by atoms with E-state index in [1.807, 2.05) is 57.8 Å². The highest BCUT2D eigenvalue weighted by molar-refractivity contribution is 8.00. The molecule has 7 N–H and O–H groups in total. The number of unbranched alkanes of at least 4 members (excludes halogenated alkanes) is 1. The summed E-state index contributed by atoms with van der Waals surface area (Å²) in [7, 11) is 0. The molecule has 448 valence electrons. The van der Waals surface area contributed by atoms with Crippen LogP contribution in [0.5, 0.6) is 0 Å². The number of nitrogens with zero attached hydrogens (tertiary/aromatic N) is 5. The molecular formula is C61H89N11O9S. The maximum atomic E-state index is 13.3. The van der Waals surface area contributed by atoms with Gasteiger partial charge in [0, 0.05) is 152 Å². The molecule has 4 saturated heterocycles. The van der Waals surface area contributed by atoms with Crippen molar-refractivity contribution in [1.29, 1.82) is 0 Å². The molecule has 3 aromatic rings. The number of nitrogens with one attached hydrogen (secondary N) is 5. The molecule has 20 nitrogen and oxygen atoms in total. The number of ether oxygens (including phenoxy) is 3. The van der Waals surface area contributed by atoms with E-state index in [0.717, 1.165) is 102 Å². The van der Waals surface area contributed by atoms with Crippen molar-refractivity contribution < 1.29 is 43.0 Å². The minimum atomic E-state index is -0.499. The molecule has 0 spiro atoms. The number of piperidine rings is 1. The van der Waals surface area contributed by atoms with Crippen molar-refractivity contribution in [3.63, 3.8) is 0 Å². The Hall–Kier alpha value is -5.84. The second kappa shape index (κ2) is 33.5. The third-order valence-corrected chi connectivity index (χ3v) is 18.0. The van der Waals surface area contributed by atoms with Crippen molar-refractivity contribution >= 4 is 53.0 Å². The van der Waals surface area contributed by atoms with Crippen LogP contribution in [-0.4, -0.2) is 195 Å². The van der Waals surface area contributed by atoms with Gasteiger partial charge in [-0.1, -0.05) is 67.1 Å². The molecular weight excluding hydrogens is 1060 g/mol. The number of carbonyl (C=O) groups excluding carboxylic acids is 6. The van der Waals surface area contributed by atoms with Gasteiger partial charge in [0.05, 0.1) is 32.5 Å². The molecule has 5 aliphatic heterocycles. The Labute approximate surface area is 488 Å². The summed E-state index contributed by atoms with van der Waals surface area (Å²) < 4.78 is 18.8. The number of anilines is 1. The van der Waals surface area contributed by atoms with Crippen molar-refractivity contribution in [3.8, 4) is 11.3 Å². The Morgan fingerprint density at radius 1 is 0.707 bits per heavy atom. The van der Waals surface area contributed by atoms with Crippen LogP contribution in [-0.2, 0) is 44.6 Å². The van der Waals surface area contributed by atoms with Gasteiger partial charge in [-0.05, 0) is 74.8 Å². The molecule has 1 aromatic heterocycles. The summed E-state index contributed by atoms with van der Waals surface area (Å²) in [4.78, 5) is 81.4. The molecule has 0 radical (unpaired) electrons. The number of primary amides is 1. The van der Waals surface area contributed by atoms with Gasteiger partial charge in [-0.25, -0.2) is 4.68 Å². The number of fused-ring (bicyclic) bond motifs is 2. The number of hydrogen-bond acceptors (Lipinski definition) is 14. The van der Waals surface area contributed by atoms with Gasteiger partial charge in [0.2, 0.25) is 29.5 Å². The number of aromatic nitrogens is 2. The predicted octanol–water partition coefficient (Wildman–Crippen LogP) is 4.54. The molecule has 5 aliphatic rings. The van der Waals surface area contributed by atoms with Crippen LogP contribution < -0.4 is 32.3 Å². The second-order valence-corrected chi connectivity index (χ2v) is 23.6. The summed E-state index contributed by atoms with van der Waals surface area (Å²) in [6, 6.07) is 19.0. The number of rotatable bonds is 34. The van der Waals surface area contributed by atoms with E-state index in [9.17, 15) is 28.8 Å². The quantitative estimate of drug-likeness (QED) is 0.0356. The van der Waals surface area contributed by atoms with Crippen LogP contribution in [0, 0.1) is 11.8 Å². The normalized spacial score (nSPS) is 20.3. The summed E-state index contributed by atoms with van der Waals surface area (Å²) in [6.07, 6.45) is 13.8. The first-order valence-corrected chi connectivity index (χ1v) is 31.3. The minimum absolute atomic E-state index is 0.0392. The number of likely N-dealkylation sites (tertiary alicyclic amines) is 1. The summed E-state index contributed by atoms with van der Waals surface area (Å²) in [5.41, 5.74) is 10.3. The molecule has 6 amide bonds. The zero-order valence-corrected chi connectivity index (χ0v) is 48.8. The summed E-state index contributed by atoms with van der Waals surface area (Å²) >= 11 is 1.96. The zero-order valence-electron chi connectivity index (χ0n) is 48.0. The average Bonchev–Trinajstić information content (AvgIpc) is 3.83. The monoisotopic (exact) mass is 1150 g/mol. The maximum Gasteiger partial charge on any atom is 0.254 e. The van der Waals surface area contributed by atoms with Crippen LogP contribution in [0.4, 0.5) is 5.82 Å². The average molecular weight is 1150 g/mol. The topological polar surface area (TPSA) is 244 Å². The number of carbonyl (C=O) groups is 6. The van der Waals surface area contributed by atoms with E-state index in [4.69, 9.17) is 25.0 Å². The van der Waals surface area contributed by atoms with E-state index in [2.05, 4.69) is 60.6 Å². The standard InChI is InChI=1S/C61H89N11O9S/c62-60(78)58-59(48-19-17-46(18-20-48)42-45-10-2-1-3-11-45)68-72-51(21-26-66-61(58)72)47-22-29-71(30-23-47)57(77)16-7-28-69-32-34-70(35-33-69)31-27-65-55(75)15-6-14-54(74)64-25-9-37-80-39-41-81-40-38-79-36-8-24-63-53(73)13-5-4-12-52-49-43-56(76)67-50(49)44-82-52/h1-3,7,10-11,16-20,47,49-52,66H,4-6,8-9,12-15,21-44H2,(H2,62,78)(H,63,73)(H,64,74)(H,65,75)(H,67,76)/b16-7+/t49-,50-,51+,52-/m1/s1. The van der Waals surface area contributed by atoms with Crippen LogP contribution in [0.25, 0.3) is 11.3 Å². The van der Waals surface area contributed by atoms with E-state index in [0.29, 0.717) is 158 Å². The molecule has 0 bridgehead atoms. The third-order valence-electron chi connectivity index (χ3n) is 16.4. The third kappa shape index (κ3) is 19.6. The van der Waals surface area contributed by atoms with Gasteiger partial charge in [0.25, 0.3) is 5.91 Å². The van der Waals surface area contributed by atoms with Gasteiger partial charge in [-0.15, -0.1) is 0 Å². The van der Waals surface area contributed by atoms with Crippen LogP contribution >= 0.6 is 11.8 Å². The molecule has 8 rings (SSSR count). The van der Waals surface area contributed by atoms with E-state index < -0.39 is 5.91 Å². The minimum Gasteiger partial charge on any atom is -0.379 e. The lowest BCUT2D eigenvalue weighted by atomic mass is 9.87. The van der Waals surface area contributed by atoms with Crippen molar-refractivity contribution in [2.24, 2.45) is 17.6 Å². The van der Waals surface area contributed by atoms with Gasteiger partial charge in [0.15, 0.2) is 0 Å². The van der Waals surface area contributed by atoms with Crippen molar-refractivity contribution in [2.45, 2.75) is 107 Å². The molecule has 0 unspecified atom stereocenters. The molecule has 21 heteroatoms. The summed E-state index contributed by atoms with van der Waals surface area (Å²) in [6.45, 7) is 11.7. The SMILES string of the molecule is NC(=O)c1c(-c2ccc(Cc3ccccc3)cc2)nn2c1NCC[C@H]2C1CCN(C(=O)/C=C/CN2CCN(CCNC(=O)CCCC(=O)NCCCOCCOCCOCCCNC(=O)CCCC[C@H]3SC[C@H]4NC(=O)C[C@H]43)CC2)CC1. The van der Waals surface area contributed by atoms with Crippen molar-refractivity contribution in [2.75, 3.05) is 129 Å². The number of amides is 6. The molecule has 0 saturated carbocycles. The Morgan fingerprint density at radius 2 is 1.33 bits per heavy atom. The summed E-state index contributed by atoms with van der Waals surface area (Å²) in [5, 5.41) is 20.9. The fourth-order valence-electron chi connectivity index (χ4n) is 11.8. The molecule has 2 aromatic carbocycles. The molecule has 4 atom stereocenters. The summed E-state index contributed by atoms with van der Waals surface area (Å²) in [5.74, 6) is 2.16. The number of hydrogen-bond donors (Lipinski definition) is 6. The van der Waals surface area contributed by atoms with Gasteiger partial charge >= 0.3 is 0 Å². The number of piperazine rings is 1. The number of nitrogens with two attached hydrogens (primary N) is 1. The lowest BCUT2D eigenvalue weighted by Gasteiger charge is -2.38. The van der Waals surface area contributed by atoms with Crippen LogP contribution in [0.2, 0.25) is 0 Å². The fourth-order valence-corrected chi connectivity index (χ4v) is 13.5. The second-order valence-electron chi connectivity index (χ2n) is 22.3. The van der Waals surface area contributed by atoms with Gasteiger partial charge in [-0.3, -0.25) is 38.6 Å². The van der Waals surface area contributed by atoms with Gasteiger partial charge < -0.3 is 51.4 Å². The smallest absolute Gasteiger partial charge is 0.254 e. The van der Waals surface area contributed by atoms with Crippen LogP contribution in [0.15, 0.2) is 66.7 Å². The van der Waals surface area contributed by atoms with Gasteiger partial charge in [0.1, 0.15) is 17.1 Å². The van der Waals surface area contributed by atoms with E-state index in [-0.39, 0.29) is 35.6 Å². The maximum absolute atomic E-state index is 13.3. The molecule has 0 aliphatic carbocycles. The van der Waals surface area contributed by atoms with Crippen LogP contribution in [0.3, 0.4) is 0 Å². The largest absolute Gasteiger partial charge is 0.379 e. The zero-order chi connectivity index (χ0) is 57.3. The highest BCUT2D eigenvalue weighted by atomic mass is 32.2. The van der Waals surface area contributed by atoms with Crippen molar-refractivity contribution in [3.05, 3.63) is 83.4 Å². The van der Waals surface area contributed by atoms with Crippen molar-refractivity contribution in [1.82, 2.24) is 45.7 Å². The number of benzene rings is 2. The first kappa shape index (κ1) is 62.2. The van der Waals surface area contributed by atoms with Crippen LogP contribution in [0.1, 0.15) is 111 Å². The lowest BCUT2D eigenvalue weighted by Crippen LogP contribution is -2.48. The number of thioether (sulfide) groups is 1. The Kier molecular flexibility index (Phi) is 25.4. The first-order valence-electron chi connectivity index (χ1n) is 30.2. The molecule has 82 heavy (non-hydrogen) atoms. The Morgan fingerprint density at radius 3 is 2.00 bits per heavy atom. The first-order chi connectivity index (χ1) is 40.1. The van der Waals surface area contributed by atoms with Gasteiger partial charge in [-0.2, -0.15) is 16.9 Å². The van der Waals surface area contributed by atoms with E-state index in [1.54, 1.807) is 6.08 Å². The Balaban J connectivity index is 0.576. The Bertz CT molecular complexity index is 2540. The highest BCUT2D eigenvalue weighted by Gasteiger charge is 2.43.